The third-order valence-corrected chi connectivity index (χ3v) is 5.12. The summed E-state index contributed by atoms with van der Waals surface area (Å²) in [5, 5.41) is 9.25. The van der Waals surface area contributed by atoms with Gasteiger partial charge in [0.25, 0.3) is 0 Å². The molecule has 1 fully saturated rings. The maximum absolute atomic E-state index is 12.4. The van der Waals surface area contributed by atoms with Crippen LogP contribution in [0.4, 0.5) is 0 Å². The van der Waals surface area contributed by atoms with Crippen molar-refractivity contribution in [3.8, 4) is 5.75 Å². The number of hydrogen-bond acceptors (Lipinski definition) is 5. The van der Waals surface area contributed by atoms with E-state index in [0.29, 0.717) is 18.2 Å². The van der Waals surface area contributed by atoms with Crippen LogP contribution in [0.2, 0.25) is 0 Å². The first-order chi connectivity index (χ1) is 11.6. The zero-order valence-corrected chi connectivity index (χ0v) is 15.0. The number of benzene rings is 1. The molecule has 0 atom stereocenters. The Morgan fingerprint density at radius 3 is 2.92 bits per heavy atom. The Morgan fingerprint density at radius 2 is 2.21 bits per heavy atom. The average molecular weight is 346 g/mol. The number of rotatable bonds is 7. The van der Waals surface area contributed by atoms with Gasteiger partial charge in [-0.05, 0) is 30.5 Å². The molecule has 1 aliphatic rings. The van der Waals surface area contributed by atoms with Gasteiger partial charge in [-0.25, -0.2) is 0 Å². The predicted molar refractivity (Wildman–Crippen MR) is 93.2 cm³/mol. The minimum Gasteiger partial charge on any atom is -0.497 e. The normalized spacial score (nSPS) is 13.8. The number of ether oxygens (including phenoxy) is 1. The van der Waals surface area contributed by atoms with Crippen molar-refractivity contribution in [2.45, 2.75) is 30.5 Å². The van der Waals surface area contributed by atoms with E-state index in [1.165, 1.54) is 24.6 Å². The second-order valence-corrected chi connectivity index (χ2v) is 7.01. The summed E-state index contributed by atoms with van der Waals surface area (Å²) in [4.78, 5) is 14.1. The molecule has 1 heterocycles. The van der Waals surface area contributed by atoms with Gasteiger partial charge in [-0.1, -0.05) is 23.9 Å². The Balaban J connectivity index is 1.54. The summed E-state index contributed by atoms with van der Waals surface area (Å²) in [6, 6.07) is 7.76. The summed E-state index contributed by atoms with van der Waals surface area (Å²) in [7, 11) is 5.43. The van der Waals surface area contributed by atoms with Crippen molar-refractivity contribution in [2.75, 3.05) is 19.9 Å². The number of hydrogen-bond donors (Lipinski definition) is 0. The van der Waals surface area contributed by atoms with Gasteiger partial charge in [-0.15, -0.1) is 10.2 Å². The molecule has 1 amide bonds. The first-order valence-corrected chi connectivity index (χ1v) is 8.96. The molecular weight excluding hydrogens is 324 g/mol. The molecule has 2 aromatic rings. The van der Waals surface area contributed by atoms with E-state index in [1.54, 1.807) is 12.0 Å². The summed E-state index contributed by atoms with van der Waals surface area (Å²) in [5.41, 5.74) is 1.05. The molecule has 0 saturated heterocycles. The van der Waals surface area contributed by atoms with E-state index >= 15 is 0 Å². The van der Waals surface area contributed by atoms with Gasteiger partial charge in [0.15, 0.2) is 5.16 Å². The van der Waals surface area contributed by atoms with Crippen LogP contribution in [-0.2, 0) is 18.4 Å². The van der Waals surface area contributed by atoms with E-state index in [4.69, 9.17) is 4.74 Å². The van der Waals surface area contributed by atoms with Crippen LogP contribution in [0.15, 0.2) is 29.4 Å². The first-order valence-electron chi connectivity index (χ1n) is 7.97. The molecule has 0 unspecified atom stereocenters. The van der Waals surface area contributed by atoms with E-state index in [2.05, 4.69) is 10.2 Å². The molecule has 1 aromatic carbocycles. The summed E-state index contributed by atoms with van der Waals surface area (Å²) in [6.45, 7) is 0.558. The second-order valence-electron chi connectivity index (χ2n) is 6.06. The molecule has 0 N–H and O–H groups in total. The van der Waals surface area contributed by atoms with Crippen molar-refractivity contribution >= 4 is 17.7 Å². The Morgan fingerprint density at radius 1 is 1.42 bits per heavy atom. The van der Waals surface area contributed by atoms with Crippen molar-refractivity contribution in [1.82, 2.24) is 19.7 Å². The molecular formula is C17H22N4O2S. The topological polar surface area (TPSA) is 60.2 Å². The number of thioether (sulfide) groups is 1. The van der Waals surface area contributed by atoms with Crippen molar-refractivity contribution in [3.05, 3.63) is 35.7 Å². The van der Waals surface area contributed by atoms with Crippen molar-refractivity contribution in [2.24, 2.45) is 7.05 Å². The van der Waals surface area contributed by atoms with Crippen molar-refractivity contribution in [1.29, 1.82) is 0 Å². The third-order valence-electron chi connectivity index (χ3n) is 4.12. The van der Waals surface area contributed by atoms with Gasteiger partial charge in [0.2, 0.25) is 5.91 Å². The Bertz CT molecular complexity index is 727. The molecule has 6 nitrogen and oxygen atoms in total. The monoisotopic (exact) mass is 346 g/mol. The maximum Gasteiger partial charge on any atom is 0.233 e. The quantitative estimate of drug-likeness (QED) is 0.721. The molecule has 24 heavy (non-hydrogen) atoms. The van der Waals surface area contributed by atoms with Gasteiger partial charge in [0, 0.05) is 26.6 Å². The highest BCUT2D eigenvalue weighted by Gasteiger charge is 2.29. The molecule has 0 aliphatic heterocycles. The maximum atomic E-state index is 12.4. The molecule has 1 saturated carbocycles. The lowest BCUT2D eigenvalue weighted by Crippen LogP contribution is -2.27. The summed E-state index contributed by atoms with van der Waals surface area (Å²) in [5.74, 6) is 2.82. The standard InChI is InChI=1S/C17H22N4O2S/c1-20(10-12-5-4-6-14(9-12)23-3)15(22)11-24-17-19-18-16(21(17)2)13-7-8-13/h4-6,9,13H,7-8,10-11H2,1-3H3. The highest BCUT2D eigenvalue weighted by molar-refractivity contribution is 7.99. The molecule has 128 valence electrons. The largest absolute Gasteiger partial charge is 0.497 e. The van der Waals surface area contributed by atoms with E-state index < -0.39 is 0 Å². The second kappa shape index (κ2) is 7.25. The van der Waals surface area contributed by atoms with Gasteiger partial charge >= 0.3 is 0 Å². The molecule has 1 aliphatic carbocycles. The van der Waals surface area contributed by atoms with E-state index in [1.807, 2.05) is 42.9 Å². The van der Waals surface area contributed by atoms with Crippen LogP contribution in [0, 0.1) is 0 Å². The number of carbonyl (C=O) groups excluding carboxylic acids is 1. The van der Waals surface area contributed by atoms with Gasteiger partial charge in [-0.2, -0.15) is 0 Å². The fourth-order valence-corrected chi connectivity index (χ4v) is 3.38. The van der Waals surface area contributed by atoms with Gasteiger partial charge in [0.1, 0.15) is 11.6 Å². The lowest BCUT2D eigenvalue weighted by Gasteiger charge is -2.17. The molecule has 0 bridgehead atoms. The lowest BCUT2D eigenvalue weighted by atomic mass is 10.2. The fraction of sp³-hybridized carbons (Fsp3) is 0.471. The van der Waals surface area contributed by atoms with Crippen LogP contribution in [0.1, 0.15) is 30.1 Å². The van der Waals surface area contributed by atoms with Crippen LogP contribution in [0.25, 0.3) is 0 Å². The number of methoxy groups -OCH3 is 1. The van der Waals surface area contributed by atoms with Crippen LogP contribution in [0.3, 0.4) is 0 Å². The number of aromatic nitrogens is 3. The number of amides is 1. The minimum atomic E-state index is 0.0683. The zero-order chi connectivity index (χ0) is 17.1. The molecule has 0 spiro atoms. The molecule has 3 rings (SSSR count). The van der Waals surface area contributed by atoms with Crippen LogP contribution >= 0.6 is 11.8 Å². The summed E-state index contributed by atoms with van der Waals surface area (Å²) < 4.78 is 7.23. The third kappa shape index (κ3) is 3.90. The highest BCUT2D eigenvalue weighted by atomic mass is 32.2. The Labute approximate surface area is 146 Å². The molecule has 1 aromatic heterocycles. The van der Waals surface area contributed by atoms with E-state index in [9.17, 15) is 4.79 Å². The van der Waals surface area contributed by atoms with Crippen molar-refractivity contribution in [3.63, 3.8) is 0 Å². The number of nitrogens with zero attached hydrogens (tertiary/aromatic N) is 4. The van der Waals surface area contributed by atoms with Crippen LogP contribution in [0.5, 0.6) is 5.75 Å². The van der Waals surface area contributed by atoms with E-state index in [0.717, 1.165) is 22.3 Å². The minimum absolute atomic E-state index is 0.0683. The Kier molecular flexibility index (Phi) is 5.08. The smallest absolute Gasteiger partial charge is 0.233 e. The summed E-state index contributed by atoms with van der Waals surface area (Å²) >= 11 is 1.44. The van der Waals surface area contributed by atoms with Gasteiger partial charge in [0.05, 0.1) is 12.9 Å². The van der Waals surface area contributed by atoms with Crippen LogP contribution < -0.4 is 4.74 Å². The zero-order valence-electron chi connectivity index (χ0n) is 14.2. The summed E-state index contributed by atoms with van der Waals surface area (Å²) in [6.07, 6.45) is 2.39. The number of carbonyl (C=O) groups is 1. The average Bonchev–Trinajstić information content (AvgIpc) is 3.36. The molecule has 7 heteroatoms. The van der Waals surface area contributed by atoms with Gasteiger partial charge in [-0.3, -0.25) is 4.79 Å². The van der Waals surface area contributed by atoms with Gasteiger partial charge < -0.3 is 14.2 Å². The highest BCUT2D eigenvalue weighted by Crippen LogP contribution is 2.39. The first kappa shape index (κ1) is 16.8. The van der Waals surface area contributed by atoms with Crippen LogP contribution in [-0.4, -0.2) is 45.5 Å². The van der Waals surface area contributed by atoms with Crippen molar-refractivity contribution < 1.29 is 9.53 Å². The van der Waals surface area contributed by atoms with E-state index in [-0.39, 0.29) is 5.91 Å². The predicted octanol–water partition coefficient (Wildman–Crippen LogP) is 2.45. The lowest BCUT2D eigenvalue weighted by molar-refractivity contribution is -0.127. The Hall–Kier alpha value is -2.02. The SMILES string of the molecule is COc1cccc(CN(C)C(=O)CSc2nnc(C3CC3)n2C)c1. The molecule has 0 radical (unpaired) electrons. The fourth-order valence-electron chi connectivity index (χ4n) is 2.52.